The number of aromatic nitrogens is 3. The molecule has 0 aliphatic rings. The normalized spacial score (nSPS) is 12.3. The zero-order valence-corrected chi connectivity index (χ0v) is 10.1. The molecule has 1 aromatic carbocycles. The summed E-state index contributed by atoms with van der Waals surface area (Å²) in [7, 11) is 0. The van der Waals surface area contributed by atoms with Gasteiger partial charge in [0.1, 0.15) is 10.1 Å². The third-order valence-corrected chi connectivity index (χ3v) is 2.82. The monoisotopic (exact) mass is 265 g/mol. The first-order valence-electron chi connectivity index (χ1n) is 4.99. The van der Waals surface area contributed by atoms with E-state index in [0.717, 1.165) is 28.5 Å². The van der Waals surface area contributed by atoms with Crippen molar-refractivity contribution >= 4 is 31.6 Å². The Balaban J connectivity index is 2.43. The van der Waals surface area contributed by atoms with E-state index >= 15 is 0 Å². The van der Waals surface area contributed by atoms with E-state index in [2.05, 4.69) is 39.2 Å². The summed E-state index contributed by atoms with van der Waals surface area (Å²) in [6, 6.07) is 7.92. The molecule has 0 radical (unpaired) electrons. The van der Waals surface area contributed by atoms with Crippen LogP contribution in [0.1, 0.15) is 19.8 Å². The fourth-order valence-corrected chi connectivity index (χ4v) is 1.87. The molecule has 15 heavy (non-hydrogen) atoms. The number of unbranched alkanes of at least 4 members (excludes halogenated alkanes) is 1. The lowest BCUT2D eigenvalue weighted by Crippen LogP contribution is -1.93. The number of rotatable bonds is 3. The Kier molecular flexibility index (Phi) is 3.16. The van der Waals surface area contributed by atoms with Crippen molar-refractivity contribution in [3.8, 4) is 0 Å². The summed E-state index contributed by atoms with van der Waals surface area (Å²) in [6.45, 7) is 2.15. The minimum Gasteiger partial charge on any atom is -0.206 e. The van der Waals surface area contributed by atoms with Crippen LogP contribution in [0.5, 0.6) is 0 Å². The third-order valence-electron chi connectivity index (χ3n) is 2.16. The summed E-state index contributed by atoms with van der Waals surface area (Å²) < 4.78 is 2.77. The molecule has 3 nitrogen and oxygen atoms in total. The van der Waals surface area contributed by atoms with E-state index in [0.29, 0.717) is 0 Å². The lowest BCUT2D eigenvalue weighted by atomic mass is 10.3. The van der Waals surface area contributed by atoms with Crippen LogP contribution < -0.4 is 0 Å². The highest BCUT2D eigenvalue weighted by Gasteiger charge is 2.04. The lowest BCUT2D eigenvalue weighted by Gasteiger charge is -1.99. The molecule has 1 heterocycles. The largest absolute Gasteiger partial charge is 0.206 e. The van der Waals surface area contributed by atoms with E-state index in [1.54, 1.807) is 0 Å². The van der Waals surface area contributed by atoms with Gasteiger partial charge in [-0.3, -0.25) is 0 Å². The maximum atomic E-state index is 4.10. The zero-order valence-electron chi connectivity index (χ0n) is 8.52. The van der Waals surface area contributed by atoms with Gasteiger partial charge in [0.05, 0.1) is 5.52 Å². The number of hydrogen-bond donors (Lipinski definition) is 0. The van der Waals surface area contributed by atoms with Gasteiger partial charge >= 0.3 is 0 Å². The summed E-state index contributed by atoms with van der Waals surface area (Å²) in [4.78, 5) is 0. The van der Waals surface area contributed by atoms with Crippen LogP contribution in [0.4, 0.5) is 0 Å². The van der Waals surface area contributed by atoms with Gasteiger partial charge in [0.2, 0.25) is 0 Å². The molecule has 0 spiro atoms. The van der Waals surface area contributed by atoms with Gasteiger partial charge in [0, 0.05) is 0 Å². The van der Waals surface area contributed by atoms with E-state index in [1.807, 2.05) is 28.9 Å². The molecule has 1 aromatic heterocycles. The van der Waals surface area contributed by atoms with Gasteiger partial charge in [-0.1, -0.05) is 36.8 Å². The molecular weight excluding hydrogens is 254 g/mol. The van der Waals surface area contributed by atoms with Gasteiger partial charge in [-0.15, -0.1) is 5.10 Å². The number of allylic oxidation sites excluding steroid dienone is 1. The topological polar surface area (TPSA) is 30.7 Å². The van der Waals surface area contributed by atoms with Crippen molar-refractivity contribution in [3.63, 3.8) is 0 Å². The first kappa shape index (κ1) is 10.4. The highest BCUT2D eigenvalue weighted by molar-refractivity contribution is 9.14. The van der Waals surface area contributed by atoms with Gasteiger partial charge in [-0.25, -0.2) is 4.68 Å². The van der Waals surface area contributed by atoms with Crippen LogP contribution in [-0.2, 0) is 0 Å². The molecule has 0 atom stereocenters. The van der Waals surface area contributed by atoms with Crippen molar-refractivity contribution in [3.05, 3.63) is 30.3 Å². The van der Waals surface area contributed by atoms with Gasteiger partial charge in [0.15, 0.2) is 0 Å². The average molecular weight is 266 g/mol. The van der Waals surface area contributed by atoms with Crippen LogP contribution in [0.25, 0.3) is 15.6 Å². The average Bonchev–Trinajstić information content (AvgIpc) is 2.69. The summed E-state index contributed by atoms with van der Waals surface area (Å²) in [5, 5.41) is 8.19. The minimum absolute atomic E-state index is 0.916. The fraction of sp³-hybridized carbons (Fsp3) is 0.273. The molecule has 0 aliphatic carbocycles. The second-order valence-corrected chi connectivity index (χ2v) is 4.12. The second-order valence-electron chi connectivity index (χ2n) is 3.31. The molecule has 0 N–H and O–H groups in total. The Morgan fingerprint density at radius 1 is 1.47 bits per heavy atom. The SMILES string of the molecule is CCC/C=C(/Br)n1nnc2ccccc21. The number of nitrogens with zero attached hydrogens (tertiary/aromatic N) is 3. The predicted molar refractivity (Wildman–Crippen MR) is 65.6 cm³/mol. The van der Waals surface area contributed by atoms with Crippen LogP contribution in [0.2, 0.25) is 0 Å². The lowest BCUT2D eigenvalue weighted by molar-refractivity contribution is 0.849. The van der Waals surface area contributed by atoms with Crippen molar-refractivity contribution in [2.75, 3.05) is 0 Å². The quantitative estimate of drug-likeness (QED) is 0.852. The van der Waals surface area contributed by atoms with Crippen LogP contribution in [0.3, 0.4) is 0 Å². The molecular formula is C11H12BrN3. The highest BCUT2D eigenvalue weighted by Crippen LogP contribution is 2.19. The van der Waals surface area contributed by atoms with Crippen LogP contribution in [0, 0.1) is 0 Å². The number of fused-ring (bicyclic) bond motifs is 1. The molecule has 0 aliphatic heterocycles. The number of para-hydroxylation sites is 1. The summed E-state index contributed by atoms with van der Waals surface area (Å²) >= 11 is 3.51. The van der Waals surface area contributed by atoms with Crippen molar-refractivity contribution in [2.24, 2.45) is 0 Å². The zero-order chi connectivity index (χ0) is 10.7. The van der Waals surface area contributed by atoms with E-state index in [-0.39, 0.29) is 0 Å². The van der Waals surface area contributed by atoms with Crippen molar-refractivity contribution in [1.82, 2.24) is 15.0 Å². The Bertz CT molecular complexity index is 487. The molecule has 2 rings (SSSR count). The second kappa shape index (κ2) is 4.57. The molecule has 0 fully saturated rings. The Morgan fingerprint density at radius 3 is 3.07 bits per heavy atom. The number of benzene rings is 1. The molecule has 0 saturated carbocycles. The molecule has 2 aromatic rings. The van der Waals surface area contributed by atoms with E-state index in [1.165, 1.54) is 0 Å². The molecule has 0 amide bonds. The predicted octanol–water partition coefficient (Wildman–Crippen LogP) is 3.42. The molecule has 78 valence electrons. The smallest absolute Gasteiger partial charge is 0.113 e. The Labute approximate surface area is 96.9 Å². The molecule has 4 heteroatoms. The number of halogens is 1. The van der Waals surface area contributed by atoms with Crippen LogP contribution in [0.15, 0.2) is 30.3 Å². The van der Waals surface area contributed by atoms with Gasteiger partial charge in [-0.2, -0.15) is 0 Å². The fourth-order valence-electron chi connectivity index (χ4n) is 1.38. The first-order chi connectivity index (χ1) is 7.33. The molecule has 0 saturated heterocycles. The summed E-state index contributed by atoms with van der Waals surface area (Å²) in [6.07, 6.45) is 4.28. The van der Waals surface area contributed by atoms with E-state index < -0.39 is 0 Å². The summed E-state index contributed by atoms with van der Waals surface area (Å²) in [5.74, 6) is 0. The Morgan fingerprint density at radius 2 is 2.27 bits per heavy atom. The van der Waals surface area contributed by atoms with Crippen molar-refractivity contribution in [1.29, 1.82) is 0 Å². The molecule has 0 unspecified atom stereocenters. The maximum absolute atomic E-state index is 4.10. The van der Waals surface area contributed by atoms with Gasteiger partial charge in [-0.05, 0) is 34.5 Å². The minimum atomic E-state index is 0.916. The van der Waals surface area contributed by atoms with Gasteiger partial charge in [0.25, 0.3) is 0 Å². The summed E-state index contributed by atoms with van der Waals surface area (Å²) in [5.41, 5.74) is 1.94. The van der Waals surface area contributed by atoms with E-state index in [4.69, 9.17) is 0 Å². The van der Waals surface area contributed by atoms with Crippen molar-refractivity contribution < 1.29 is 0 Å². The maximum Gasteiger partial charge on any atom is 0.113 e. The third kappa shape index (κ3) is 2.09. The highest BCUT2D eigenvalue weighted by atomic mass is 79.9. The number of hydrogen-bond acceptors (Lipinski definition) is 2. The Hall–Kier alpha value is -1.16. The first-order valence-corrected chi connectivity index (χ1v) is 5.78. The van der Waals surface area contributed by atoms with Gasteiger partial charge < -0.3 is 0 Å². The standard InChI is InChI=1S/C11H12BrN3/c1-2-3-8-11(12)15-10-7-5-4-6-9(10)13-14-15/h4-8H,2-3H2,1H3/b11-8-. The van der Waals surface area contributed by atoms with Crippen LogP contribution in [-0.4, -0.2) is 15.0 Å². The molecule has 0 bridgehead atoms. The van der Waals surface area contributed by atoms with E-state index in [9.17, 15) is 0 Å². The van der Waals surface area contributed by atoms with Crippen LogP contribution >= 0.6 is 15.9 Å². The van der Waals surface area contributed by atoms with Crippen molar-refractivity contribution in [2.45, 2.75) is 19.8 Å².